The fourth-order valence-electron chi connectivity index (χ4n) is 1.47. The number of aryl methyl sites for hydroxylation is 1. The number of benzene rings is 1. The van der Waals surface area contributed by atoms with Crippen molar-refractivity contribution in [3.63, 3.8) is 0 Å². The Morgan fingerprint density at radius 1 is 1.47 bits per heavy atom. The lowest BCUT2D eigenvalue weighted by Crippen LogP contribution is -2.12. The van der Waals surface area contributed by atoms with E-state index >= 15 is 0 Å². The number of hydrogen-bond donors (Lipinski definition) is 2. The molecule has 0 aliphatic carbocycles. The van der Waals surface area contributed by atoms with Gasteiger partial charge in [-0.25, -0.2) is 0 Å². The maximum atomic E-state index is 11.9. The number of carbonyl (C=O) groups excluding carboxylic acids is 1. The van der Waals surface area contributed by atoms with Crippen LogP contribution in [0.2, 0.25) is 5.02 Å². The molecule has 0 bridgehead atoms. The van der Waals surface area contributed by atoms with E-state index in [9.17, 15) is 14.9 Å². The lowest BCUT2D eigenvalue weighted by Gasteiger charge is -2.02. The maximum absolute atomic E-state index is 11.9. The molecule has 98 valence electrons. The topological polar surface area (TPSA) is 101 Å². The number of rotatable bonds is 3. The molecule has 0 spiro atoms. The SMILES string of the molecule is Cc1cc(NC(=O)c2ccc([N+](=O)[O-])c(Cl)c2)n[nH]1. The van der Waals surface area contributed by atoms with Gasteiger partial charge in [-0.3, -0.25) is 20.0 Å². The number of anilines is 1. The molecule has 1 heterocycles. The van der Waals surface area contributed by atoms with Crippen molar-refractivity contribution in [3.8, 4) is 0 Å². The second-order valence-electron chi connectivity index (χ2n) is 3.81. The van der Waals surface area contributed by atoms with E-state index in [4.69, 9.17) is 11.6 Å². The quantitative estimate of drug-likeness (QED) is 0.666. The molecule has 1 amide bonds. The fraction of sp³-hybridized carbons (Fsp3) is 0.0909. The number of halogens is 1. The van der Waals surface area contributed by atoms with Gasteiger partial charge in [0, 0.05) is 23.4 Å². The van der Waals surface area contributed by atoms with Gasteiger partial charge in [0.2, 0.25) is 0 Å². The summed E-state index contributed by atoms with van der Waals surface area (Å²) in [4.78, 5) is 21.9. The molecule has 0 aliphatic heterocycles. The minimum Gasteiger partial charge on any atom is -0.305 e. The van der Waals surface area contributed by atoms with Crippen molar-refractivity contribution >= 4 is 29.0 Å². The van der Waals surface area contributed by atoms with E-state index in [1.165, 1.54) is 18.2 Å². The van der Waals surface area contributed by atoms with Gasteiger partial charge in [-0.2, -0.15) is 5.10 Å². The lowest BCUT2D eigenvalue weighted by molar-refractivity contribution is -0.384. The first-order valence-corrected chi connectivity index (χ1v) is 5.62. The molecule has 0 fully saturated rings. The number of nitrogens with zero attached hydrogens (tertiary/aromatic N) is 2. The lowest BCUT2D eigenvalue weighted by atomic mass is 10.2. The average Bonchev–Trinajstić information content (AvgIpc) is 2.74. The predicted molar refractivity (Wildman–Crippen MR) is 69.4 cm³/mol. The molecule has 0 aliphatic rings. The molecule has 19 heavy (non-hydrogen) atoms. The predicted octanol–water partition coefficient (Wildman–Crippen LogP) is 2.53. The first-order valence-electron chi connectivity index (χ1n) is 5.24. The largest absolute Gasteiger partial charge is 0.305 e. The number of amides is 1. The summed E-state index contributed by atoms with van der Waals surface area (Å²) in [6.07, 6.45) is 0. The summed E-state index contributed by atoms with van der Waals surface area (Å²) in [6.45, 7) is 1.80. The van der Waals surface area contributed by atoms with Gasteiger partial charge >= 0.3 is 0 Å². The van der Waals surface area contributed by atoms with E-state index < -0.39 is 10.8 Å². The maximum Gasteiger partial charge on any atom is 0.287 e. The molecule has 1 aromatic carbocycles. The summed E-state index contributed by atoms with van der Waals surface area (Å²) in [5.74, 6) is -0.0692. The molecule has 7 nitrogen and oxygen atoms in total. The van der Waals surface area contributed by atoms with Crippen LogP contribution < -0.4 is 5.32 Å². The van der Waals surface area contributed by atoms with Crippen LogP contribution >= 0.6 is 11.6 Å². The molecule has 0 saturated heterocycles. The Morgan fingerprint density at radius 2 is 2.21 bits per heavy atom. The van der Waals surface area contributed by atoms with E-state index in [-0.39, 0.29) is 16.3 Å². The van der Waals surface area contributed by atoms with Gasteiger partial charge in [0.1, 0.15) is 5.02 Å². The zero-order chi connectivity index (χ0) is 14.0. The summed E-state index contributed by atoms with van der Waals surface area (Å²) >= 11 is 5.73. The minimum absolute atomic E-state index is 0.0872. The van der Waals surface area contributed by atoms with Gasteiger partial charge < -0.3 is 5.32 Å². The highest BCUT2D eigenvalue weighted by molar-refractivity contribution is 6.33. The third-order valence-corrected chi connectivity index (χ3v) is 2.66. The highest BCUT2D eigenvalue weighted by Gasteiger charge is 2.15. The summed E-state index contributed by atoms with van der Waals surface area (Å²) in [5.41, 5.74) is 0.780. The number of hydrogen-bond acceptors (Lipinski definition) is 4. The Labute approximate surface area is 112 Å². The van der Waals surface area contributed by atoms with Crippen LogP contribution in [0.3, 0.4) is 0 Å². The van der Waals surface area contributed by atoms with Gasteiger partial charge in [0.25, 0.3) is 11.6 Å². The molecule has 8 heteroatoms. The van der Waals surface area contributed by atoms with Crippen LogP contribution in [-0.4, -0.2) is 21.0 Å². The van der Waals surface area contributed by atoms with Crippen LogP contribution in [0.25, 0.3) is 0 Å². The second kappa shape index (κ2) is 5.07. The van der Waals surface area contributed by atoms with E-state index in [1.54, 1.807) is 13.0 Å². The zero-order valence-corrected chi connectivity index (χ0v) is 10.6. The Morgan fingerprint density at radius 3 is 2.74 bits per heavy atom. The van der Waals surface area contributed by atoms with E-state index in [1.807, 2.05) is 0 Å². The number of nitrogens with one attached hydrogen (secondary N) is 2. The van der Waals surface area contributed by atoms with Crippen molar-refractivity contribution in [3.05, 3.63) is 50.7 Å². The normalized spacial score (nSPS) is 10.2. The molecule has 0 unspecified atom stereocenters. The molecule has 0 atom stereocenters. The van der Waals surface area contributed by atoms with Gasteiger partial charge in [-0.05, 0) is 19.1 Å². The van der Waals surface area contributed by atoms with Crippen molar-refractivity contribution in [1.29, 1.82) is 0 Å². The standard InChI is InChI=1S/C11H9ClN4O3/c1-6-4-10(15-14-6)13-11(17)7-2-3-9(16(18)19)8(12)5-7/h2-5H,1H3,(H2,13,14,15,17). The Balaban J connectivity index is 2.20. The van der Waals surface area contributed by atoms with Crippen LogP contribution in [0.5, 0.6) is 0 Å². The smallest absolute Gasteiger partial charge is 0.287 e. The van der Waals surface area contributed by atoms with Crippen LogP contribution in [-0.2, 0) is 0 Å². The summed E-state index contributed by atoms with van der Waals surface area (Å²) < 4.78 is 0. The first-order chi connectivity index (χ1) is 8.97. The van der Waals surface area contributed by atoms with Crippen LogP contribution in [0.1, 0.15) is 16.1 Å². The van der Waals surface area contributed by atoms with Gasteiger partial charge in [-0.15, -0.1) is 0 Å². The van der Waals surface area contributed by atoms with Crippen molar-refractivity contribution in [2.45, 2.75) is 6.92 Å². The van der Waals surface area contributed by atoms with Crippen molar-refractivity contribution < 1.29 is 9.72 Å². The first kappa shape index (κ1) is 13.0. The highest BCUT2D eigenvalue weighted by atomic mass is 35.5. The second-order valence-corrected chi connectivity index (χ2v) is 4.22. The average molecular weight is 281 g/mol. The Bertz CT molecular complexity index is 653. The van der Waals surface area contributed by atoms with Crippen molar-refractivity contribution in [2.75, 3.05) is 5.32 Å². The Hall–Kier alpha value is -2.41. The number of aromatic amines is 1. The number of nitro benzene ring substituents is 1. The Kier molecular flexibility index (Phi) is 3.48. The molecular formula is C11H9ClN4O3. The summed E-state index contributed by atoms with van der Waals surface area (Å²) in [5, 5.41) is 19.6. The molecule has 0 saturated carbocycles. The number of H-pyrrole nitrogens is 1. The van der Waals surface area contributed by atoms with E-state index in [0.717, 1.165) is 5.69 Å². The van der Waals surface area contributed by atoms with E-state index in [2.05, 4.69) is 15.5 Å². The highest BCUT2D eigenvalue weighted by Crippen LogP contribution is 2.25. The number of aromatic nitrogens is 2. The van der Waals surface area contributed by atoms with Crippen LogP contribution in [0.15, 0.2) is 24.3 Å². The summed E-state index contributed by atoms with van der Waals surface area (Å²) in [7, 11) is 0. The number of nitro groups is 1. The number of carbonyl (C=O) groups is 1. The molecule has 2 N–H and O–H groups in total. The molecule has 0 radical (unpaired) electrons. The van der Waals surface area contributed by atoms with Gasteiger partial charge in [0.15, 0.2) is 5.82 Å². The summed E-state index contributed by atoms with van der Waals surface area (Å²) in [6, 6.07) is 5.42. The molecule has 2 rings (SSSR count). The third-order valence-electron chi connectivity index (χ3n) is 2.35. The van der Waals surface area contributed by atoms with Crippen LogP contribution in [0.4, 0.5) is 11.5 Å². The monoisotopic (exact) mass is 280 g/mol. The minimum atomic E-state index is -0.610. The molecular weight excluding hydrogens is 272 g/mol. The van der Waals surface area contributed by atoms with Crippen molar-refractivity contribution in [1.82, 2.24) is 10.2 Å². The zero-order valence-electron chi connectivity index (χ0n) is 9.81. The van der Waals surface area contributed by atoms with Gasteiger partial charge in [-0.1, -0.05) is 11.6 Å². The molecule has 1 aromatic heterocycles. The third kappa shape index (κ3) is 2.89. The van der Waals surface area contributed by atoms with Crippen molar-refractivity contribution in [2.24, 2.45) is 0 Å². The van der Waals surface area contributed by atoms with Gasteiger partial charge in [0.05, 0.1) is 4.92 Å². The van der Waals surface area contributed by atoms with Crippen LogP contribution in [0, 0.1) is 17.0 Å². The fourth-order valence-corrected chi connectivity index (χ4v) is 1.72. The van der Waals surface area contributed by atoms with E-state index in [0.29, 0.717) is 5.82 Å². The molecule has 2 aromatic rings.